The molecule has 2 saturated carbocycles. The first-order valence-electron chi connectivity index (χ1n) is 6.76. The van der Waals surface area contributed by atoms with Crippen LogP contribution in [-0.4, -0.2) is 41.3 Å². The van der Waals surface area contributed by atoms with Crippen molar-refractivity contribution in [3.63, 3.8) is 0 Å². The van der Waals surface area contributed by atoms with Gasteiger partial charge in [0.25, 0.3) is 10.0 Å². The first-order chi connectivity index (χ1) is 9.68. The van der Waals surface area contributed by atoms with E-state index in [4.69, 9.17) is 0 Å². The van der Waals surface area contributed by atoms with Gasteiger partial charge in [-0.15, -0.1) is 0 Å². The van der Waals surface area contributed by atoms with Crippen molar-refractivity contribution in [1.29, 1.82) is 0 Å². The number of nitrogens with zero attached hydrogens (tertiary/aromatic N) is 3. The van der Waals surface area contributed by atoms with Gasteiger partial charge in [-0.3, -0.25) is 4.68 Å². The second kappa shape index (κ2) is 4.45. The highest BCUT2D eigenvalue weighted by atomic mass is 32.2. The van der Waals surface area contributed by atoms with Gasteiger partial charge in [0.05, 0.1) is 6.20 Å². The number of hydrogen-bond donors (Lipinski definition) is 0. The van der Waals surface area contributed by atoms with Crippen molar-refractivity contribution in [1.82, 2.24) is 14.1 Å². The normalized spacial score (nSPS) is 21.8. The molecule has 0 aliphatic heterocycles. The Morgan fingerprint density at radius 2 is 2.05 bits per heavy atom. The van der Waals surface area contributed by atoms with Crippen LogP contribution in [0.5, 0.6) is 0 Å². The van der Waals surface area contributed by atoms with Crippen molar-refractivity contribution in [2.24, 2.45) is 5.92 Å². The molecule has 0 spiro atoms. The van der Waals surface area contributed by atoms with Crippen LogP contribution in [0.1, 0.15) is 25.7 Å². The van der Waals surface area contributed by atoms with E-state index in [1.165, 1.54) is 16.9 Å². The zero-order chi connectivity index (χ0) is 15.5. The summed E-state index contributed by atoms with van der Waals surface area (Å²) >= 11 is 0. The summed E-state index contributed by atoms with van der Waals surface area (Å²) in [6.45, 7) is 0.439. The largest absolute Gasteiger partial charge is 0.407 e. The number of hydrogen-bond acceptors (Lipinski definition) is 3. The molecule has 0 aromatic carbocycles. The van der Waals surface area contributed by atoms with Crippen LogP contribution < -0.4 is 0 Å². The Labute approximate surface area is 120 Å². The van der Waals surface area contributed by atoms with Crippen LogP contribution in [0.25, 0.3) is 0 Å². The zero-order valence-corrected chi connectivity index (χ0v) is 12.3. The lowest BCUT2D eigenvalue weighted by Gasteiger charge is -2.29. The predicted molar refractivity (Wildman–Crippen MR) is 67.9 cm³/mol. The second-order valence-electron chi connectivity index (χ2n) is 5.80. The molecule has 118 valence electrons. The monoisotopic (exact) mass is 323 g/mol. The SMILES string of the molecule is CN(C1(C(F)(F)F)CC1)S(=O)(=O)c1ccnn1CC1CC1. The second-order valence-corrected chi connectivity index (χ2v) is 7.71. The summed E-state index contributed by atoms with van der Waals surface area (Å²) in [5.74, 6) is 0.377. The molecule has 1 heterocycles. The van der Waals surface area contributed by atoms with E-state index in [9.17, 15) is 21.6 Å². The van der Waals surface area contributed by atoms with Gasteiger partial charge in [0.2, 0.25) is 0 Å². The molecule has 0 radical (unpaired) electrons. The van der Waals surface area contributed by atoms with E-state index in [0.717, 1.165) is 19.9 Å². The highest BCUT2D eigenvalue weighted by Gasteiger charge is 2.68. The zero-order valence-electron chi connectivity index (χ0n) is 11.5. The minimum Gasteiger partial charge on any atom is -0.253 e. The molecule has 0 N–H and O–H groups in total. The number of sulfonamides is 1. The molecule has 3 rings (SSSR count). The van der Waals surface area contributed by atoms with Crippen LogP contribution in [0, 0.1) is 5.92 Å². The molecule has 0 unspecified atom stereocenters. The van der Waals surface area contributed by atoms with Gasteiger partial charge < -0.3 is 0 Å². The van der Waals surface area contributed by atoms with Gasteiger partial charge in [-0.1, -0.05) is 0 Å². The van der Waals surface area contributed by atoms with Crippen molar-refractivity contribution in [3.8, 4) is 0 Å². The first-order valence-corrected chi connectivity index (χ1v) is 8.20. The fourth-order valence-electron chi connectivity index (χ4n) is 2.49. The first kappa shape index (κ1) is 14.8. The fraction of sp³-hybridized carbons (Fsp3) is 0.750. The summed E-state index contributed by atoms with van der Waals surface area (Å²) in [6.07, 6.45) is -1.62. The third-order valence-corrected chi connectivity index (χ3v) is 6.23. The Bertz CT molecular complexity index is 645. The molecule has 9 heteroatoms. The summed E-state index contributed by atoms with van der Waals surface area (Å²) in [5.41, 5.74) is -2.25. The van der Waals surface area contributed by atoms with E-state index >= 15 is 0 Å². The molecule has 2 aliphatic rings. The number of halogens is 3. The number of alkyl halides is 3. The molecule has 5 nitrogen and oxygen atoms in total. The minimum atomic E-state index is -4.56. The number of aromatic nitrogens is 2. The Balaban J connectivity index is 1.92. The van der Waals surface area contributed by atoms with Gasteiger partial charge in [0.15, 0.2) is 5.03 Å². The predicted octanol–water partition coefficient (Wildman–Crippen LogP) is 2.01. The van der Waals surface area contributed by atoms with Crippen LogP contribution >= 0.6 is 0 Å². The average Bonchev–Trinajstić information content (AvgIpc) is 3.26. The molecule has 1 aromatic heterocycles. The Hall–Kier alpha value is -1.09. The van der Waals surface area contributed by atoms with Crippen molar-refractivity contribution < 1.29 is 21.6 Å². The van der Waals surface area contributed by atoms with Crippen molar-refractivity contribution >= 4 is 10.0 Å². The topological polar surface area (TPSA) is 55.2 Å². The van der Waals surface area contributed by atoms with E-state index < -0.39 is 21.7 Å². The maximum atomic E-state index is 13.1. The quantitative estimate of drug-likeness (QED) is 0.833. The highest BCUT2D eigenvalue weighted by molar-refractivity contribution is 7.89. The van der Waals surface area contributed by atoms with Crippen LogP contribution in [0.4, 0.5) is 13.2 Å². The van der Waals surface area contributed by atoms with Crippen LogP contribution in [-0.2, 0) is 16.6 Å². The summed E-state index contributed by atoms with van der Waals surface area (Å²) in [5, 5.41) is 3.78. The van der Waals surface area contributed by atoms with Gasteiger partial charge in [0.1, 0.15) is 5.54 Å². The molecule has 2 fully saturated rings. The Kier molecular flexibility index (Phi) is 3.14. The smallest absolute Gasteiger partial charge is 0.253 e. The Morgan fingerprint density at radius 3 is 2.52 bits per heavy atom. The van der Waals surface area contributed by atoms with E-state index in [1.807, 2.05) is 0 Å². The van der Waals surface area contributed by atoms with Gasteiger partial charge in [-0.05, 0) is 37.7 Å². The molecule has 0 saturated heterocycles. The molecule has 1 aromatic rings. The van der Waals surface area contributed by atoms with E-state index in [0.29, 0.717) is 16.8 Å². The lowest BCUT2D eigenvalue weighted by atomic mass is 10.3. The maximum absolute atomic E-state index is 13.1. The van der Waals surface area contributed by atoms with Crippen LogP contribution in [0.2, 0.25) is 0 Å². The van der Waals surface area contributed by atoms with E-state index in [1.54, 1.807) is 0 Å². The molecule has 0 bridgehead atoms. The lowest BCUT2D eigenvalue weighted by Crippen LogP contribution is -2.49. The van der Waals surface area contributed by atoms with Gasteiger partial charge in [-0.25, -0.2) is 8.42 Å². The van der Waals surface area contributed by atoms with E-state index in [-0.39, 0.29) is 17.9 Å². The molecule has 0 amide bonds. The molecule has 2 aliphatic carbocycles. The molecular weight excluding hydrogens is 307 g/mol. The minimum absolute atomic E-state index is 0.160. The van der Waals surface area contributed by atoms with E-state index in [2.05, 4.69) is 5.10 Å². The van der Waals surface area contributed by atoms with Gasteiger partial charge in [0, 0.05) is 13.6 Å². The summed E-state index contributed by atoms with van der Waals surface area (Å²) in [4.78, 5) is 0. The third kappa shape index (κ3) is 2.36. The number of rotatable bonds is 5. The molecule has 0 atom stereocenters. The Morgan fingerprint density at radius 1 is 1.43 bits per heavy atom. The van der Waals surface area contributed by atoms with Crippen LogP contribution in [0.15, 0.2) is 17.3 Å². The standard InChI is InChI=1S/C12H16F3N3O2S/c1-17(11(5-6-11)12(13,14)15)21(19,20)10-4-7-16-18(10)8-9-2-3-9/h4,7,9H,2-3,5-6,8H2,1H3. The maximum Gasteiger partial charge on any atom is 0.407 e. The fourth-order valence-corrected chi connectivity index (χ4v) is 4.14. The van der Waals surface area contributed by atoms with Crippen LogP contribution in [0.3, 0.4) is 0 Å². The summed E-state index contributed by atoms with van der Waals surface area (Å²) in [7, 11) is -3.20. The third-order valence-electron chi connectivity index (χ3n) is 4.28. The average molecular weight is 323 g/mol. The van der Waals surface area contributed by atoms with Gasteiger partial charge >= 0.3 is 6.18 Å². The molecule has 21 heavy (non-hydrogen) atoms. The van der Waals surface area contributed by atoms with Crippen molar-refractivity contribution in [2.75, 3.05) is 7.05 Å². The summed E-state index contributed by atoms with van der Waals surface area (Å²) in [6, 6.07) is 1.26. The molecular formula is C12H16F3N3O2S. The van der Waals surface area contributed by atoms with Crippen molar-refractivity contribution in [2.45, 2.75) is 49.0 Å². The summed E-state index contributed by atoms with van der Waals surface area (Å²) < 4.78 is 66.1. The van der Waals surface area contributed by atoms with Crippen molar-refractivity contribution in [3.05, 3.63) is 12.3 Å². The highest BCUT2D eigenvalue weighted by Crippen LogP contribution is 2.54. The lowest BCUT2D eigenvalue weighted by molar-refractivity contribution is -0.180. The van der Waals surface area contributed by atoms with Gasteiger partial charge in [-0.2, -0.15) is 22.6 Å².